The molecule has 1 aromatic carbocycles. The summed E-state index contributed by atoms with van der Waals surface area (Å²) >= 11 is 0. The van der Waals surface area contributed by atoms with Crippen LogP contribution in [0.5, 0.6) is 0 Å². The molecule has 1 aromatic heterocycles. The number of amides is 2. The molecule has 2 atom stereocenters. The minimum atomic E-state index is -0.929. The van der Waals surface area contributed by atoms with Gasteiger partial charge in [0.2, 0.25) is 0 Å². The molecule has 30 heavy (non-hydrogen) atoms. The van der Waals surface area contributed by atoms with Crippen LogP contribution in [0.25, 0.3) is 5.69 Å². The fourth-order valence-electron chi connectivity index (χ4n) is 3.44. The second-order valence-electron chi connectivity index (χ2n) is 7.95. The SMILES string of the molecule is COC(C)(C)C(=O)N1CCC(N)C(NC(=O)c2ccc(-n3ccccc3=O)cc2)C1. The Bertz CT molecular complexity index is 968. The normalized spacial score (nSPS) is 19.4. The number of nitrogens with zero attached hydrogens (tertiary/aromatic N) is 2. The van der Waals surface area contributed by atoms with Gasteiger partial charge in [-0.3, -0.25) is 19.0 Å². The lowest BCUT2D eigenvalue weighted by Gasteiger charge is -2.40. The fourth-order valence-corrected chi connectivity index (χ4v) is 3.44. The Balaban J connectivity index is 1.69. The average molecular weight is 412 g/mol. The number of methoxy groups -OCH3 is 1. The summed E-state index contributed by atoms with van der Waals surface area (Å²) in [5.41, 5.74) is 6.25. The van der Waals surface area contributed by atoms with Gasteiger partial charge in [0.1, 0.15) is 5.60 Å². The first-order chi connectivity index (χ1) is 14.2. The van der Waals surface area contributed by atoms with E-state index in [1.54, 1.807) is 61.3 Å². The molecule has 0 radical (unpaired) electrons. The van der Waals surface area contributed by atoms with Crippen LogP contribution in [0.2, 0.25) is 0 Å². The first-order valence-electron chi connectivity index (χ1n) is 9.92. The monoisotopic (exact) mass is 412 g/mol. The number of hydrogen-bond acceptors (Lipinski definition) is 5. The molecular formula is C22H28N4O4. The van der Waals surface area contributed by atoms with Crippen molar-refractivity contribution in [3.8, 4) is 5.69 Å². The van der Waals surface area contributed by atoms with Gasteiger partial charge in [0.15, 0.2) is 0 Å². The van der Waals surface area contributed by atoms with Crippen LogP contribution in [-0.4, -0.2) is 59.2 Å². The van der Waals surface area contributed by atoms with Crippen molar-refractivity contribution >= 4 is 11.8 Å². The molecule has 8 nitrogen and oxygen atoms in total. The van der Waals surface area contributed by atoms with Gasteiger partial charge in [-0.15, -0.1) is 0 Å². The number of likely N-dealkylation sites (tertiary alicyclic amines) is 1. The highest BCUT2D eigenvalue weighted by Crippen LogP contribution is 2.18. The number of benzene rings is 1. The van der Waals surface area contributed by atoms with E-state index in [0.717, 1.165) is 0 Å². The Hall–Kier alpha value is -2.97. The van der Waals surface area contributed by atoms with Gasteiger partial charge in [-0.05, 0) is 50.6 Å². The molecule has 1 aliphatic heterocycles. The quantitative estimate of drug-likeness (QED) is 0.760. The third-order valence-electron chi connectivity index (χ3n) is 5.53. The number of piperidine rings is 1. The fraction of sp³-hybridized carbons (Fsp3) is 0.409. The maximum atomic E-state index is 12.7. The van der Waals surface area contributed by atoms with Crippen molar-refractivity contribution in [2.45, 2.75) is 38.0 Å². The molecule has 2 heterocycles. The lowest BCUT2D eigenvalue weighted by atomic mass is 9.97. The molecule has 2 unspecified atom stereocenters. The highest BCUT2D eigenvalue weighted by atomic mass is 16.5. The number of pyridine rings is 1. The molecule has 2 aromatic rings. The number of aromatic nitrogens is 1. The summed E-state index contributed by atoms with van der Waals surface area (Å²) in [5.74, 6) is -0.406. The minimum Gasteiger partial charge on any atom is -0.369 e. The van der Waals surface area contributed by atoms with Gasteiger partial charge < -0.3 is 20.7 Å². The number of nitrogens with one attached hydrogen (secondary N) is 1. The largest absolute Gasteiger partial charge is 0.369 e. The van der Waals surface area contributed by atoms with Gasteiger partial charge in [-0.1, -0.05) is 6.07 Å². The Labute approximate surface area is 175 Å². The van der Waals surface area contributed by atoms with Crippen molar-refractivity contribution < 1.29 is 14.3 Å². The van der Waals surface area contributed by atoms with Gasteiger partial charge in [-0.2, -0.15) is 0 Å². The highest BCUT2D eigenvalue weighted by molar-refractivity contribution is 5.94. The molecule has 0 aliphatic carbocycles. The second kappa shape index (κ2) is 8.81. The van der Waals surface area contributed by atoms with Crippen molar-refractivity contribution in [1.29, 1.82) is 0 Å². The zero-order valence-electron chi connectivity index (χ0n) is 17.5. The summed E-state index contributed by atoms with van der Waals surface area (Å²) in [6, 6.07) is 11.1. The van der Waals surface area contributed by atoms with E-state index >= 15 is 0 Å². The topological polar surface area (TPSA) is 107 Å². The van der Waals surface area contributed by atoms with Crippen LogP contribution in [0.1, 0.15) is 30.6 Å². The third kappa shape index (κ3) is 4.60. The minimum absolute atomic E-state index is 0.131. The van der Waals surface area contributed by atoms with E-state index in [1.807, 2.05) is 0 Å². The summed E-state index contributed by atoms with van der Waals surface area (Å²) in [5, 5.41) is 2.94. The predicted octanol–water partition coefficient (Wildman–Crippen LogP) is 0.921. The van der Waals surface area contributed by atoms with E-state index < -0.39 is 5.60 Å². The lowest BCUT2D eigenvalue weighted by Crippen LogP contribution is -2.61. The van der Waals surface area contributed by atoms with Crippen molar-refractivity contribution in [2.75, 3.05) is 20.2 Å². The number of carbonyl (C=O) groups is 2. The van der Waals surface area contributed by atoms with E-state index in [4.69, 9.17) is 10.5 Å². The molecule has 3 N–H and O–H groups in total. The molecule has 1 saturated heterocycles. The molecule has 0 saturated carbocycles. The summed E-state index contributed by atoms with van der Waals surface area (Å²) in [7, 11) is 1.50. The van der Waals surface area contributed by atoms with Crippen molar-refractivity contribution in [3.63, 3.8) is 0 Å². The Kier molecular flexibility index (Phi) is 6.38. The molecular weight excluding hydrogens is 384 g/mol. The Morgan fingerprint density at radius 3 is 2.50 bits per heavy atom. The maximum Gasteiger partial charge on any atom is 0.255 e. The van der Waals surface area contributed by atoms with Crippen LogP contribution in [0.15, 0.2) is 53.5 Å². The Morgan fingerprint density at radius 2 is 1.87 bits per heavy atom. The van der Waals surface area contributed by atoms with Crippen LogP contribution in [0.3, 0.4) is 0 Å². The number of ether oxygens (including phenoxy) is 1. The molecule has 160 valence electrons. The first-order valence-corrected chi connectivity index (χ1v) is 9.92. The number of rotatable bonds is 5. The van der Waals surface area contributed by atoms with Gasteiger partial charge in [0.25, 0.3) is 17.4 Å². The summed E-state index contributed by atoms with van der Waals surface area (Å²) < 4.78 is 6.79. The second-order valence-corrected chi connectivity index (χ2v) is 7.95. The Morgan fingerprint density at radius 1 is 1.17 bits per heavy atom. The third-order valence-corrected chi connectivity index (χ3v) is 5.53. The summed E-state index contributed by atoms with van der Waals surface area (Å²) in [4.78, 5) is 39.0. The number of carbonyl (C=O) groups excluding carboxylic acids is 2. The van der Waals surface area contributed by atoms with Crippen molar-refractivity contribution in [3.05, 3.63) is 64.6 Å². The number of nitrogens with two attached hydrogens (primary N) is 1. The molecule has 1 fully saturated rings. The van der Waals surface area contributed by atoms with E-state index in [1.165, 1.54) is 17.7 Å². The molecule has 2 amide bonds. The summed E-state index contributed by atoms with van der Waals surface area (Å²) in [6.07, 6.45) is 2.26. The van der Waals surface area contributed by atoms with Gasteiger partial charge in [0, 0.05) is 49.8 Å². The highest BCUT2D eigenvalue weighted by Gasteiger charge is 2.37. The summed E-state index contributed by atoms with van der Waals surface area (Å²) in [6.45, 7) is 4.30. The molecule has 3 rings (SSSR count). The lowest BCUT2D eigenvalue weighted by molar-refractivity contribution is -0.152. The standard InChI is InChI=1S/C22H28N4O4/c1-22(2,30-3)21(29)25-13-11-17(23)18(14-25)24-20(28)15-7-9-16(10-8-15)26-12-5-4-6-19(26)27/h4-10,12,17-18H,11,13-14,23H2,1-3H3,(H,24,28). The number of hydrogen-bond donors (Lipinski definition) is 2. The van der Waals surface area contributed by atoms with E-state index in [-0.39, 0.29) is 29.5 Å². The van der Waals surface area contributed by atoms with Gasteiger partial charge >= 0.3 is 0 Å². The smallest absolute Gasteiger partial charge is 0.255 e. The van der Waals surface area contributed by atoms with Crippen LogP contribution in [0, 0.1) is 0 Å². The van der Waals surface area contributed by atoms with Gasteiger partial charge in [-0.25, -0.2) is 0 Å². The van der Waals surface area contributed by atoms with Crippen molar-refractivity contribution in [2.24, 2.45) is 5.73 Å². The van der Waals surface area contributed by atoms with Crippen LogP contribution in [-0.2, 0) is 9.53 Å². The van der Waals surface area contributed by atoms with Crippen LogP contribution >= 0.6 is 0 Å². The van der Waals surface area contributed by atoms with E-state index in [0.29, 0.717) is 30.8 Å². The zero-order chi connectivity index (χ0) is 21.9. The van der Waals surface area contributed by atoms with Crippen LogP contribution in [0.4, 0.5) is 0 Å². The van der Waals surface area contributed by atoms with E-state index in [2.05, 4.69) is 5.32 Å². The zero-order valence-corrected chi connectivity index (χ0v) is 17.5. The predicted molar refractivity (Wildman–Crippen MR) is 114 cm³/mol. The van der Waals surface area contributed by atoms with E-state index in [9.17, 15) is 14.4 Å². The molecule has 1 aliphatic rings. The maximum absolute atomic E-state index is 12.7. The van der Waals surface area contributed by atoms with Gasteiger partial charge in [0.05, 0.1) is 6.04 Å². The molecule has 0 spiro atoms. The molecule has 8 heteroatoms. The first kappa shape index (κ1) is 21.7. The average Bonchev–Trinajstić information content (AvgIpc) is 2.75. The van der Waals surface area contributed by atoms with Crippen LogP contribution < -0.4 is 16.6 Å². The molecule has 0 bridgehead atoms. The van der Waals surface area contributed by atoms with Crippen molar-refractivity contribution in [1.82, 2.24) is 14.8 Å².